The highest BCUT2D eigenvalue weighted by molar-refractivity contribution is 7.92. The van der Waals surface area contributed by atoms with E-state index in [0.29, 0.717) is 13.0 Å². The molecule has 33 heavy (non-hydrogen) atoms. The van der Waals surface area contributed by atoms with Crippen LogP contribution in [0.2, 0.25) is 10.0 Å². The molecule has 0 saturated carbocycles. The summed E-state index contributed by atoms with van der Waals surface area (Å²) < 4.78 is 26.1. The first-order valence-corrected chi connectivity index (χ1v) is 13.1. The molecule has 0 saturated heterocycles. The topological polar surface area (TPSA) is 86.8 Å². The van der Waals surface area contributed by atoms with Crippen LogP contribution >= 0.6 is 23.2 Å². The Hall–Kier alpha value is -2.29. The summed E-state index contributed by atoms with van der Waals surface area (Å²) in [5.74, 6) is -0.830. The number of hydrogen-bond donors (Lipinski definition) is 1. The molecule has 0 spiro atoms. The van der Waals surface area contributed by atoms with Crippen LogP contribution in [-0.4, -0.2) is 50.5 Å². The summed E-state index contributed by atoms with van der Waals surface area (Å²) in [5, 5.41) is 2.95. The van der Waals surface area contributed by atoms with E-state index < -0.39 is 28.5 Å². The van der Waals surface area contributed by atoms with E-state index in [9.17, 15) is 18.0 Å². The maximum Gasteiger partial charge on any atom is 0.244 e. The molecule has 7 nitrogen and oxygen atoms in total. The average Bonchev–Trinajstić information content (AvgIpc) is 2.73. The van der Waals surface area contributed by atoms with Gasteiger partial charge in [-0.25, -0.2) is 8.42 Å². The number of carbonyl (C=O) groups is 2. The molecule has 10 heteroatoms. The maximum atomic E-state index is 13.5. The third kappa shape index (κ3) is 7.09. The van der Waals surface area contributed by atoms with E-state index >= 15 is 0 Å². The zero-order valence-electron chi connectivity index (χ0n) is 19.1. The van der Waals surface area contributed by atoms with Crippen molar-refractivity contribution in [3.63, 3.8) is 0 Å². The Labute approximate surface area is 205 Å². The second kappa shape index (κ2) is 11.7. The number of sulfonamides is 1. The van der Waals surface area contributed by atoms with Gasteiger partial charge in [0.25, 0.3) is 0 Å². The summed E-state index contributed by atoms with van der Waals surface area (Å²) in [7, 11) is -3.89. The van der Waals surface area contributed by atoms with Gasteiger partial charge in [-0.05, 0) is 38.0 Å². The molecule has 2 amide bonds. The minimum absolute atomic E-state index is 0.0263. The van der Waals surface area contributed by atoms with Gasteiger partial charge < -0.3 is 10.2 Å². The second-order valence-corrected chi connectivity index (χ2v) is 10.4. The molecule has 0 radical (unpaired) electrons. The third-order valence-corrected chi connectivity index (χ3v) is 6.99. The molecule has 1 unspecified atom stereocenters. The first-order chi connectivity index (χ1) is 15.5. The van der Waals surface area contributed by atoms with Gasteiger partial charge in [0.05, 0.1) is 22.0 Å². The molecular formula is C23H29Cl2N3O4S. The lowest BCUT2D eigenvalue weighted by atomic mass is 10.1. The number of likely N-dealkylation sites (N-methyl/N-ethyl adjacent to an activating group) is 1. The molecule has 2 aromatic carbocycles. The highest BCUT2D eigenvalue weighted by Crippen LogP contribution is 2.33. The van der Waals surface area contributed by atoms with Crippen LogP contribution in [0.15, 0.2) is 42.5 Å². The van der Waals surface area contributed by atoms with E-state index in [4.69, 9.17) is 23.2 Å². The Morgan fingerprint density at radius 3 is 2.33 bits per heavy atom. The fourth-order valence-corrected chi connectivity index (χ4v) is 4.80. The van der Waals surface area contributed by atoms with E-state index in [2.05, 4.69) is 5.32 Å². The highest BCUT2D eigenvalue weighted by atomic mass is 35.5. The minimum Gasteiger partial charge on any atom is -0.355 e. The Bertz CT molecular complexity index is 1110. The normalized spacial score (nSPS) is 12.2. The van der Waals surface area contributed by atoms with Gasteiger partial charge in [0.1, 0.15) is 12.6 Å². The summed E-state index contributed by atoms with van der Waals surface area (Å²) in [4.78, 5) is 27.7. The van der Waals surface area contributed by atoms with Crippen molar-refractivity contribution in [3.05, 3.63) is 63.6 Å². The van der Waals surface area contributed by atoms with Crippen molar-refractivity contribution in [1.82, 2.24) is 10.2 Å². The summed E-state index contributed by atoms with van der Waals surface area (Å²) >= 11 is 12.3. The second-order valence-electron chi connectivity index (χ2n) is 7.67. The fourth-order valence-electron chi connectivity index (χ4n) is 3.50. The fraction of sp³-hybridized carbons (Fsp3) is 0.391. The monoisotopic (exact) mass is 513 g/mol. The number of hydrogen-bond acceptors (Lipinski definition) is 4. The smallest absolute Gasteiger partial charge is 0.244 e. The zero-order chi connectivity index (χ0) is 24.8. The van der Waals surface area contributed by atoms with Crippen molar-refractivity contribution in [3.8, 4) is 0 Å². The zero-order valence-corrected chi connectivity index (χ0v) is 21.5. The van der Waals surface area contributed by atoms with E-state index in [1.165, 1.54) is 17.0 Å². The van der Waals surface area contributed by atoms with Crippen molar-refractivity contribution in [1.29, 1.82) is 0 Å². The predicted octanol–water partition coefficient (Wildman–Crippen LogP) is 4.01. The summed E-state index contributed by atoms with van der Waals surface area (Å²) in [5.41, 5.74) is 1.94. The molecule has 2 aromatic rings. The van der Waals surface area contributed by atoms with Crippen LogP contribution in [0.25, 0.3) is 0 Å². The van der Waals surface area contributed by atoms with Crippen molar-refractivity contribution in [2.75, 3.05) is 23.7 Å². The van der Waals surface area contributed by atoms with Crippen LogP contribution in [0.5, 0.6) is 0 Å². The third-order valence-electron chi connectivity index (χ3n) is 5.05. The van der Waals surface area contributed by atoms with Gasteiger partial charge in [-0.1, -0.05) is 66.0 Å². The number of rotatable bonds is 10. The highest BCUT2D eigenvalue weighted by Gasteiger charge is 2.32. The van der Waals surface area contributed by atoms with Crippen molar-refractivity contribution in [2.24, 2.45) is 0 Å². The van der Waals surface area contributed by atoms with Crippen LogP contribution < -0.4 is 9.62 Å². The van der Waals surface area contributed by atoms with Gasteiger partial charge in [-0.3, -0.25) is 13.9 Å². The maximum absolute atomic E-state index is 13.5. The number of benzene rings is 2. The van der Waals surface area contributed by atoms with Crippen LogP contribution in [0.1, 0.15) is 31.4 Å². The number of amides is 2. The van der Waals surface area contributed by atoms with Crippen molar-refractivity contribution in [2.45, 2.75) is 39.8 Å². The van der Waals surface area contributed by atoms with E-state index in [1.54, 1.807) is 19.9 Å². The SMILES string of the molecule is CCNC(=O)C(CC)N(Cc1cccc(C)c1)C(=O)CN(c1cccc(Cl)c1Cl)S(C)(=O)=O. The average molecular weight is 514 g/mol. The molecule has 0 aromatic heterocycles. The lowest BCUT2D eigenvalue weighted by molar-refractivity contribution is -0.140. The number of halogens is 2. The summed E-state index contributed by atoms with van der Waals surface area (Å²) in [6.45, 7) is 5.57. The molecule has 0 aliphatic carbocycles. The van der Waals surface area contributed by atoms with Gasteiger partial charge in [0.15, 0.2) is 0 Å². The van der Waals surface area contributed by atoms with Gasteiger partial charge in [-0.15, -0.1) is 0 Å². The lowest BCUT2D eigenvalue weighted by Gasteiger charge is -2.33. The van der Waals surface area contributed by atoms with Crippen molar-refractivity contribution < 1.29 is 18.0 Å². The molecule has 1 atom stereocenters. The molecule has 180 valence electrons. The Kier molecular flexibility index (Phi) is 9.57. The van der Waals surface area contributed by atoms with Gasteiger partial charge in [-0.2, -0.15) is 0 Å². The quantitative estimate of drug-likeness (QED) is 0.519. The molecule has 0 heterocycles. The van der Waals surface area contributed by atoms with Gasteiger partial charge in [0.2, 0.25) is 21.8 Å². The van der Waals surface area contributed by atoms with E-state index in [-0.39, 0.29) is 28.2 Å². The number of aryl methyl sites for hydroxylation is 1. The standard InChI is InChI=1S/C23H29Cl2N3O4S/c1-5-19(23(30)26-6-2)27(14-17-10-7-9-16(3)13-17)21(29)15-28(33(4,31)32)20-12-8-11-18(24)22(20)25/h7-13,19H,5-6,14-15H2,1-4H3,(H,26,30). The molecule has 0 aliphatic rings. The molecule has 0 aliphatic heterocycles. The van der Waals surface area contributed by atoms with Crippen LogP contribution in [-0.2, 0) is 26.2 Å². The van der Waals surface area contributed by atoms with E-state index in [1.807, 2.05) is 31.2 Å². The van der Waals surface area contributed by atoms with Crippen LogP contribution in [0, 0.1) is 6.92 Å². The first-order valence-electron chi connectivity index (χ1n) is 10.5. The largest absolute Gasteiger partial charge is 0.355 e. The Balaban J connectivity index is 2.48. The lowest BCUT2D eigenvalue weighted by Crippen LogP contribution is -2.52. The number of anilines is 1. The van der Waals surface area contributed by atoms with Crippen molar-refractivity contribution >= 4 is 50.7 Å². The Morgan fingerprint density at radius 2 is 1.76 bits per heavy atom. The minimum atomic E-state index is -3.89. The summed E-state index contributed by atoms with van der Waals surface area (Å²) in [6, 6.07) is 11.4. The van der Waals surface area contributed by atoms with Gasteiger partial charge in [0, 0.05) is 13.1 Å². The Morgan fingerprint density at radius 1 is 1.09 bits per heavy atom. The molecular weight excluding hydrogens is 485 g/mol. The molecule has 0 bridgehead atoms. The van der Waals surface area contributed by atoms with E-state index in [0.717, 1.165) is 21.7 Å². The molecule has 0 fully saturated rings. The van der Waals surface area contributed by atoms with Crippen LogP contribution in [0.3, 0.4) is 0 Å². The number of nitrogens with one attached hydrogen (secondary N) is 1. The molecule has 1 N–H and O–H groups in total. The van der Waals surface area contributed by atoms with Crippen LogP contribution in [0.4, 0.5) is 5.69 Å². The molecule has 2 rings (SSSR count). The summed E-state index contributed by atoms with van der Waals surface area (Å²) in [6.07, 6.45) is 1.35. The first kappa shape index (κ1) is 27.0. The predicted molar refractivity (Wildman–Crippen MR) is 133 cm³/mol. The number of nitrogens with zero attached hydrogens (tertiary/aromatic N) is 2. The van der Waals surface area contributed by atoms with Gasteiger partial charge >= 0.3 is 0 Å². The number of carbonyl (C=O) groups excluding carboxylic acids is 2.